The number of hydrogen-bond donors (Lipinski definition) is 1. The van der Waals surface area contributed by atoms with Crippen molar-refractivity contribution < 1.29 is 4.74 Å². The predicted molar refractivity (Wildman–Crippen MR) is 88.7 cm³/mol. The molecule has 2 N–H and O–H groups in total. The minimum Gasteiger partial charge on any atom is -0.496 e. The summed E-state index contributed by atoms with van der Waals surface area (Å²) in [6.07, 6.45) is 5.18. The Morgan fingerprint density at radius 2 is 2.05 bits per heavy atom. The molecule has 1 aliphatic rings. The summed E-state index contributed by atoms with van der Waals surface area (Å²) in [6, 6.07) is 7.37. The molecule has 21 heavy (non-hydrogen) atoms. The van der Waals surface area contributed by atoms with E-state index in [0.29, 0.717) is 18.0 Å². The van der Waals surface area contributed by atoms with E-state index in [-0.39, 0.29) is 0 Å². The summed E-state index contributed by atoms with van der Waals surface area (Å²) < 4.78 is 5.56. The van der Waals surface area contributed by atoms with Crippen LogP contribution >= 0.6 is 0 Å². The Labute approximate surface area is 129 Å². The lowest BCUT2D eigenvalue weighted by molar-refractivity contribution is 0.0977. The molecule has 1 fully saturated rings. The number of methoxy groups -OCH3 is 1. The van der Waals surface area contributed by atoms with Gasteiger partial charge in [-0.1, -0.05) is 30.5 Å². The van der Waals surface area contributed by atoms with Crippen molar-refractivity contribution in [2.45, 2.75) is 51.6 Å². The molecule has 0 radical (unpaired) electrons. The van der Waals surface area contributed by atoms with E-state index in [9.17, 15) is 0 Å². The van der Waals surface area contributed by atoms with Gasteiger partial charge in [-0.25, -0.2) is 0 Å². The lowest BCUT2D eigenvalue weighted by Gasteiger charge is -2.41. The van der Waals surface area contributed by atoms with Crippen LogP contribution in [0.4, 0.5) is 0 Å². The molecule has 0 heterocycles. The highest BCUT2D eigenvalue weighted by molar-refractivity contribution is 5.39. The zero-order valence-electron chi connectivity index (χ0n) is 13.9. The number of nitrogens with two attached hydrogens (primary N) is 1. The Bertz CT molecular complexity index is 461. The van der Waals surface area contributed by atoms with Crippen molar-refractivity contribution in [2.75, 3.05) is 20.7 Å². The van der Waals surface area contributed by atoms with Crippen molar-refractivity contribution in [3.8, 4) is 5.75 Å². The molecule has 0 aliphatic heterocycles. The van der Waals surface area contributed by atoms with Crippen LogP contribution in [0.25, 0.3) is 0 Å². The number of ether oxygens (including phenoxy) is 1. The summed E-state index contributed by atoms with van der Waals surface area (Å²) >= 11 is 0. The third-order valence-corrected chi connectivity index (χ3v) is 5.14. The molecule has 3 heteroatoms. The van der Waals surface area contributed by atoms with E-state index >= 15 is 0 Å². The summed E-state index contributed by atoms with van der Waals surface area (Å²) in [5, 5.41) is 0. The van der Waals surface area contributed by atoms with Gasteiger partial charge in [-0.15, -0.1) is 0 Å². The van der Waals surface area contributed by atoms with Gasteiger partial charge in [0, 0.05) is 17.6 Å². The predicted octanol–water partition coefficient (Wildman–Crippen LogP) is 3.51. The second-order valence-corrected chi connectivity index (χ2v) is 6.43. The van der Waals surface area contributed by atoms with Crippen LogP contribution in [0.15, 0.2) is 18.2 Å². The summed E-state index contributed by atoms with van der Waals surface area (Å²) in [7, 11) is 4.00. The summed E-state index contributed by atoms with van der Waals surface area (Å²) in [5.74, 6) is 1.61. The van der Waals surface area contributed by atoms with Gasteiger partial charge < -0.3 is 10.5 Å². The Kier molecular flexibility index (Phi) is 5.65. The van der Waals surface area contributed by atoms with Gasteiger partial charge in [-0.3, -0.25) is 4.90 Å². The fraction of sp³-hybridized carbons (Fsp3) is 0.667. The first-order chi connectivity index (χ1) is 10.1. The second-order valence-electron chi connectivity index (χ2n) is 6.43. The molecular weight excluding hydrogens is 260 g/mol. The number of aryl methyl sites for hydroxylation is 1. The van der Waals surface area contributed by atoms with Gasteiger partial charge in [-0.2, -0.15) is 0 Å². The summed E-state index contributed by atoms with van der Waals surface area (Å²) in [5.41, 5.74) is 8.56. The normalized spacial score (nSPS) is 24.1. The Morgan fingerprint density at radius 3 is 2.71 bits per heavy atom. The van der Waals surface area contributed by atoms with Crippen molar-refractivity contribution in [2.24, 2.45) is 11.7 Å². The lowest BCUT2D eigenvalue weighted by atomic mass is 9.83. The zero-order chi connectivity index (χ0) is 15.4. The fourth-order valence-corrected chi connectivity index (χ4v) is 3.69. The standard InChI is InChI=1S/C18H30N2O/c1-13-9-10-18(21-4)16(11-13)14(2)20(3)17-8-6-5-7-15(17)12-19/h9-11,14-15,17H,5-8,12,19H2,1-4H3. The van der Waals surface area contributed by atoms with E-state index < -0.39 is 0 Å². The molecule has 0 spiro atoms. The average molecular weight is 290 g/mol. The maximum atomic E-state index is 6.00. The smallest absolute Gasteiger partial charge is 0.123 e. The Balaban J connectivity index is 2.21. The number of benzene rings is 1. The van der Waals surface area contributed by atoms with Crippen LogP contribution in [0.1, 0.15) is 49.8 Å². The first-order valence-electron chi connectivity index (χ1n) is 8.15. The molecule has 0 aromatic heterocycles. The third-order valence-electron chi connectivity index (χ3n) is 5.14. The van der Waals surface area contributed by atoms with Crippen molar-refractivity contribution in [3.05, 3.63) is 29.3 Å². The van der Waals surface area contributed by atoms with Crippen LogP contribution < -0.4 is 10.5 Å². The van der Waals surface area contributed by atoms with E-state index in [4.69, 9.17) is 10.5 Å². The van der Waals surface area contributed by atoms with Crippen LogP contribution in [0, 0.1) is 12.8 Å². The molecule has 1 saturated carbocycles. The molecule has 2 rings (SSSR count). The summed E-state index contributed by atoms with van der Waals surface area (Å²) in [6.45, 7) is 5.21. The van der Waals surface area contributed by atoms with Crippen molar-refractivity contribution in [3.63, 3.8) is 0 Å². The average Bonchev–Trinajstić information content (AvgIpc) is 2.53. The highest BCUT2D eigenvalue weighted by Crippen LogP contribution is 2.35. The second kappa shape index (κ2) is 7.28. The monoisotopic (exact) mass is 290 g/mol. The molecule has 0 saturated heterocycles. The maximum absolute atomic E-state index is 6.00. The van der Waals surface area contributed by atoms with Crippen LogP contribution in [-0.2, 0) is 0 Å². The highest BCUT2D eigenvalue weighted by atomic mass is 16.5. The van der Waals surface area contributed by atoms with Crippen molar-refractivity contribution in [1.82, 2.24) is 4.90 Å². The van der Waals surface area contributed by atoms with Gasteiger partial charge in [0.15, 0.2) is 0 Å². The molecule has 118 valence electrons. The van der Waals surface area contributed by atoms with Crippen molar-refractivity contribution >= 4 is 0 Å². The minimum absolute atomic E-state index is 0.344. The van der Waals surface area contributed by atoms with E-state index in [1.54, 1.807) is 7.11 Å². The molecule has 1 aromatic rings. The largest absolute Gasteiger partial charge is 0.496 e. The van der Waals surface area contributed by atoms with E-state index in [2.05, 4.69) is 44.0 Å². The lowest BCUT2D eigenvalue weighted by Crippen LogP contribution is -2.44. The van der Waals surface area contributed by atoms with Gasteiger partial charge in [-0.05, 0) is 52.3 Å². The van der Waals surface area contributed by atoms with Gasteiger partial charge in [0.2, 0.25) is 0 Å². The summed E-state index contributed by atoms with van der Waals surface area (Å²) in [4.78, 5) is 2.51. The van der Waals surface area contributed by atoms with E-state index in [0.717, 1.165) is 12.3 Å². The fourth-order valence-electron chi connectivity index (χ4n) is 3.69. The van der Waals surface area contributed by atoms with E-state index in [1.807, 2.05) is 0 Å². The Hall–Kier alpha value is -1.06. The third kappa shape index (κ3) is 3.58. The van der Waals surface area contributed by atoms with E-state index in [1.165, 1.54) is 36.8 Å². The molecule has 1 aromatic carbocycles. The molecule has 3 nitrogen and oxygen atoms in total. The number of nitrogens with zero attached hydrogens (tertiary/aromatic N) is 1. The first kappa shape index (κ1) is 16.3. The number of rotatable bonds is 5. The topological polar surface area (TPSA) is 38.5 Å². The minimum atomic E-state index is 0.344. The van der Waals surface area contributed by atoms with Gasteiger partial charge in [0.1, 0.15) is 5.75 Å². The van der Waals surface area contributed by atoms with Crippen LogP contribution in [0.3, 0.4) is 0 Å². The SMILES string of the molecule is COc1ccc(C)cc1C(C)N(C)C1CCCCC1CN. The molecule has 3 atom stereocenters. The number of hydrogen-bond acceptors (Lipinski definition) is 3. The molecule has 0 bridgehead atoms. The van der Waals surface area contributed by atoms with Gasteiger partial charge in [0.25, 0.3) is 0 Å². The molecule has 3 unspecified atom stereocenters. The first-order valence-corrected chi connectivity index (χ1v) is 8.15. The molecule has 0 amide bonds. The quantitative estimate of drug-likeness (QED) is 0.902. The van der Waals surface area contributed by atoms with Gasteiger partial charge in [0.05, 0.1) is 7.11 Å². The van der Waals surface area contributed by atoms with Crippen LogP contribution in [0.2, 0.25) is 0 Å². The Morgan fingerprint density at radius 1 is 1.33 bits per heavy atom. The highest BCUT2D eigenvalue weighted by Gasteiger charge is 2.30. The molecule has 1 aliphatic carbocycles. The maximum Gasteiger partial charge on any atom is 0.123 e. The zero-order valence-corrected chi connectivity index (χ0v) is 13.9. The molecular formula is C18H30N2O. The van der Waals surface area contributed by atoms with Crippen LogP contribution in [0.5, 0.6) is 5.75 Å². The van der Waals surface area contributed by atoms with Crippen LogP contribution in [-0.4, -0.2) is 31.6 Å². The van der Waals surface area contributed by atoms with Crippen molar-refractivity contribution in [1.29, 1.82) is 0 Å². The van der Waals surface area contributed by atoms with Gasteiger partial charge >= 0.3 is 0 Å².